The van der Waals surface area contributed by atoms with Crippen LogP contribution >= 0.6 is 0 Å². The summed E-state index contributed by atoms with van der Waals surface area (Å²) in [7, 11) is 0. The van der Waals surface area contributed by atoms with Gasteiger partial charge in [0.15, 0.2) is 0 Å². The first-order valence-corrected chi connectivity index (χ1v) is 14.4. The zero-order valence-electron chi connectivity index (χ0n) is 22.1. The maximum Gasteiger partial charge on any atom is 0.253 e. The molecule has 2 amide bonds. The molecule has 6 rings (SSSR count). The lowest BCUT2D eigenvalue weighted by atomic mass is 9.83. The van der Waals surface area contributed by atoms with E-state index in [9.17, 15) is 9.59 Å². The van der Waals surface area contributed by atoms with Gasteiger partial charge in [-0.1, -0.05) is 30.3 Å². The third-order valence-electron chi connectivity index (χ3n) is 9.12. The molecule has 6 heteroatoms. The van der Waals surface area contributed by atoms with Gasteiger partial charge in [0.05, 0.1) is 5.52 Å². The molecule has 2 aromatic carbocycles. The number of fused-ring (bicyclic) bond motifs is 2. The van der Waals surface area contributed by atoms with Crippen LogP contribution in [-0.2, 0) is 0 Å². The lowest BCUT2D eigenvalue weighted by Gasteiger charge is -2.36. The molecule has 38 heavy (non-hydrogen) atoms. The molecule has 1 N–H and O–H groups in total. The highest BCUT2D eigenvalue weighted by Crippen LogP contribution is 2.33. The maximum absolute atomic E-state index is 13.0. The van der Waals surface area contributed by atoms with Gasteiger partial charge in [0, 0.05) is 48.4 Å². The second kappa shape index (κ2) is 11.2. The van der Waals surface area contributed by atoms with Gasteiger partial charge in [-0.15, -0.1) is 0 Å². The Kier molecular flexibility index (Phi) is 7.41. The highest BCUT2D eigenvalue weighted by atomic mass is 16.2. The van der Waals surface area contributed by atoms with E-state index < -0.39 is 0 Å². The van der Waals surface area contributed by atoms with E-state index in [1.807, 2.05) is 60.7 Å². The lowest BCUT2D eigenvalue weighted by Crippen LogP contribution is -2.41. The fourth-order valence-corrected chi connectivity index (χ4v) is 6.90. The number of carbonyl (C=O) groups is 2. The highest BCUT2D eigenvalue weighted by molar-refractivity contribution is 6.06. The average molecular weight is 511 g/mol. The first-order chi connectivity index (χ1) is 18.6. The van der Waals surface area contributed by atoms with Crippen LogP contribution in [-0.4, -0.2) is 65.4 Å². The quantitative estimate of drug-likeness (QED) is 0.507. The van der Waals surface area contributed by atoms with Gasteiger partial charge in [0.25, 0.3) is 11.8 Å². The van der Waals surface area contributed by atoms with Crippen molar-refractivity contribution in [3.05, 3.63) is 78.0 Å². The number of rotatable bonds is 6. The topological polar surface area (TPSA) is 65.5 Å². The molecule has 2 aliphatic heterocycles. The Morgan fingerprint density at radius 3 is 2.50 bits per heavy atom. The molecule has 198 valence electrons. The van der Waals surface area contributed by atoms with Gasteiger partial charge >= 0.3 is 0 Å². The average Bonchev–Trinajstić information content (AvgIpc) is 3.40. The molecular weight excluding hydrogens is 472 g/mol. The summed E-state index contributed by atoms with van der Waals surface area (Å²) in [6.45, 7) is 5.23. The fourth-order valence-electron chi connectivity index (χ4n) is 6.90. The van der Waals surface area contributed by atoms with Crippen molar-refractivity contribution in [3.63, 3.8) is 0 Å². The molecule has 1 unspecified atom stereocenters. The molecule has 2 saturated heterocycles. The molecule has 3 aromatic rings. The summed E-state index contributed by atoms with van der Waals surface area (Å²) in [5.41, 5.74) is 2.39. The van der Waals surface area contributed by atoms with Gasteiger partial charge in [-0.25, -0.2) is 0 Å². The van der Waals surface area contributed by atoms with Gasteiger partial charge in [-0.2, -0.15) is 0 Å². The molecule has 1 saturated carbocycles. The molecular formula is C32H38N4O2. The molecule has 0 radical (unpaired) electrons. The zero-order valence-corrected chi connectivity index (χ0v) is 22.1. The molecule has 1 aliphatic carbocycles. The number of nitrogens with zero attached hydrogens (tertiary/aromatic N) is 3. The summed E-state index contributed by atoms with van der Waals surface area (Å²) >= 11 is 0. The SMILES string of the molecule is O=C(NC1CCC(CCN2CCC3CN(C(=O)c4ccccc4)C[C@@H]3C2)CC1)c1cccc2ncccc12. The maximum atomic E-state index is 13.0. The second-order valence-electron chi connectivity index (χ2n) is 11.5. The normalized spacial score (nSPS) is 25.7. The smallest absolute Gasteiger partial charge is 0.253 e. The van der Waals surface area contributed by atoms with Crippen LogP contribution in [0, 0.1) is 17.8 Å². The molecule has 0 bridgehead atoms. The van der Waals surface area contributed by atoms with Crippen LogP contribution < -0.4 is 5.32 Å². The number of aromatic nitrogens is 1. The van der Waals surface area contributed by atoms with Gasteiger partial charge in [-0.3, -0.25) is 14.6 Å². The van der Waals surface area contributed by atoms with Crippen molar-refractivity contribution in [3.8, 4) is 0 Å². The van der Waals surface area contributed by atoms with Crippen LogP contribution in [0.3, 0.4) is 0 Å². The third kappa shape index (κ3) is 5.46. The Morgan fingerprint density at radius 1 is 0.842 bits per heavy atom. The Labute approximate surface area is 225 Å². The van der Waals surface area contributed by atoms with Gasteiger partial charge in [0.2, 0.25) is 0 Å². The molecule has 1 aromatic heterocycles. The Hall–Kier alpha value is -3.25. The summed E-state index contributed by atoms with van der Waals surface area (Å²) < 4.78 is 0. The highest BCUT2D eigenvalue weighted by Gasteiger charge is 2.39. The van der Waals surface area contributed by atoms with Crippen molar-refractivity contribution >= 4 is 22.7 Å². The second-order valence-corrected chi connectivity index (χ2v) is 11.5. The number of hydrogen-bond acceptors (Lipinski definition) is 4. The van der Waals surface area contributed by atoms with E-state index in [1.54, 1.807) is 6.20 Å². The van der Waals surface area contributed by atoms with Crippen molar-refractivity contribution in [1.29, 1.82) is 0 Å². The van der Waals surface area contributed by atoms with Crippen molar-refractivity contribution in [2.75, 3.05) is 32.7 Å². The number of hydrogen-bond donors (Lipinski definition) is 1. The predicted molar refractivity (Wildman–Crippen MR) is 150 cm³/mol. The van der Waals surface area contributed by atoms with Gasteiger partial charge < -0.3 is 15.1 Å². The Balaban J connectivity index is 0.941. The van der Waals surface area contributed by atoms with Crippen LogP contribution in [0.5, 0.6) is 0 Å². The molecule has 6 nitrogen and oxygen atoms in total. The van der Waals surface area contributed by atoms with E-state index in [1.165, 1.54) is 25.7 Å². The van der Waals surface area contributed by atoms with Crippen molar-refractivity contribution in [1.82, 2.24) is 20.1 Å². The van der Waals surface area contributed by atoms with E-state index in [2.05, 4.69) is 20.1 Å². The van der Waals surface area contributed by atoms with E-state index in [-0.39, 0.29) is 17.9 Å². The summed E-state index contributed by atoms with van der Waals surface area (Å²) in [6.07, 6.45) is 8.68. The summed E-state index contributed by atoms with van der Waals surface area (Å²) in [5.74, 6) is 2.20. The van der Waals surface area contributed by atoms with Crippen molar-refractivity contribution in [2.24, 2.45) is 17.8 Å². The summed E-state index contributed by atoms with van der Waals surface area (Å²) in [6, 6.07) is 19.6. The molecule has 2 atom stereocenters. The first kappa shape index (κ1) is 25.1. The summed E-state index contributed by atoms with van der Waals surface area (Å²) in [4.78, 5) is 35.0. The van der Waals surface area contributed by atoms with E-state index in [0.717, 1.165) is 73.5 Å². The van der Waals surface area contributed by atoms with E-state index >= 15 is 0 Å². The molecule has 0 spiro atoms. The van der Waals surface area contributed by atoms with Crippen LogP contribution in [0.15, 0.2) is 66.9 Å². The standard InChI is InChI=1S/C32H38N4O2/c37-31(29-8-4-10-30-28(29)9-5-17-33-30)34-27-13-11-23(12-14-27)15-18-35-19-16-25-21-36(22-26(25)20-35)32(38)24-6-2-1-3-7-24/h1-10,17,23,25-27H,11-16,18-22H2,(H,34,37)/t23?,25?,26-,27?/m0/s1. The largest absolute Gasteiger partial charge is 0.349 e. The zero-order chi connectivity index (χ0) is 25.9. The number of nitrogens with one attached hydrogen (secondary N) is 1. The Morgan fingerprint density at radius 2 is 1.66 bits per heavy atom. The van der Waals surface area contributed by atoms with Crippen LogP contribution in [0.4, 0.5) is 0 Å². The third-order valence-corrected chi connectivity index (χ3v) is 9.12. The number of carbonyl (C=O) groups excluding carboxylic acids is 2. The molecule has 3 fully saturated rings. The van der Waals surface area contributed by atoms with Crippen molar-refractivity contribution < 1.29 is 9.59 Å². The van der Waals surface area contributed by atoms with Crippen LogP contribution in [0.1, 0.15) is 59.2 Å². The van der Waals surface area contributed by atoms with Gasteiger partial charge in [-0.05, 0) is 99.7 Å². The number of pyridine rings is 1. The number of benzene rings is 2. The fraction of sp³-hybridized carbons (Fsp3) is 0.469. The van der Waals surface area contributed by atoms with E-state index in [0.29, 0.717) is 11.8 Å². The van der Waals surface area contributed by atoms with Crippen LogP contribution in [0.2, 0.25) is 0 Å². The van der Waals surface area contributed by atoms with Crippen LogP contribution in [0.25, 0.3) is 10.9 Å². The van der Waals surface area contributed by atoms with E-state index in [4.69, 9.17) is 0 Å². The lowest BCUT2D eigenvalue weighted by molar-refractivity contribution is 0.0783. The number of likely N-dealkylation sites (tertiary alicyclic amines) is 2. The minimum Gasteiger partial charge on any atom is -0.349 e. The monoisotopic (exact) mass is 510 g/mol. The molecule has 3 heterocycles. The van der Waals surface area contributed by atoms with Gasteiger partial charge in [0.1, 0.15) is 0 Å². The molecule has 3 aliphatic rings. The minimum atomic E-state index is 0.0197. The predicted octanol–water partition coefficient (Wildman–Crippen LogP) is 5.01. The summed E-state index contributed by atoms with van der Waals surface area (Å²) in [5, 5.41) is 4.21. The first-order valence-electron chi connectivity index (χ1n) is 14.4. The number of piperidine rings is 1. The minimum absolute atomic E-state index is 0.0197. The van der Waals surface area contributed by atoms with Crippen molar-refractivity contribution in [2.45, 2.75) is 44.6 Å². The number of amides is 2. The Bertz CT molecular complexity index is 1270.